The molecule has 0 heterocycles. The number of hydrogen-bond acceptors (Lipinski definition) is 3. The average Bonchev–Trinajstić information content (AvgIpc) is 2.16. The minimum atomic E-state index is -0.233. The number of primary amides is 1. The van der Waals surface area contributed by atoms with Crippen LogP contribution >= 0.6 is 0 Å². The van der Waals surface area contributed by atoms with E-state index in [0.717, 1.165) is 19.6 Å². The minimum absolute atomic E-state index is 0.0834. The number of carbonyl (C=O) groups is 1. The summed E-state index contributed by atoms with van der Waals surface area (Å²) in [6.45, 7) is 9.33. The lowest BCUT2D eigenvalue weighted by Crippen LogP contribution is -2.38. The molecule has 14 heavy (non-hydrogen) atoms. The average molecular weight is 201 g/mol. The Balaban J connectivity index is 3.96. The van der Waals surface area contributed by atoms with Crippen LogP contribution in [0.3, 0.4) is 0 Å². The number of rotatable bonds is 7. The van der Waals surface area contributed by atoms with E-state index in [-0.39, 0.29) is 11.8 Å². The van der Waals surface area contributed by atoms with Gasteiger partial charge in [0.2, 0.25) is 5.91 Å². The fourth-order valence-corrected chi connectivity index (χ4v) is 1.33. The Morgan fingerprint density at radius 3 is 2.29 bits per heavy atom. The molecule has 4 N–H and O–H groups in total. The first kappa shape index (κ1) is 13.4. The molecule has 4 heteroatoms. The van der Waals surface area contributed by atoms with E-state index in [9.17, 15) is 4.79 Å². The molecule has 1 amide bonds. The molecule has 0 spiro atoms. The predicted molar refractivity (Wildman–Crippen MR) is 58.7 cm³/mol. The molecule has 2 unspecified atom stereocenters. The van der Waals surface area contributed by atoms with Crippen LogP contribution in [0, 0.1) is 11.8 Å². The lowest BCUT2D eigenvalue weighted by atomic mass is 10.1. The van der Waals surface area contributed by atoms with Crippen LogP contribution in [0.2, 0.25) is 0 Å². The fourth-order valence-electron chi connectivity index (χ4n) is 1.33. The van der Waals surface area contributed by atoms with Crippen molar-refractivity contribution in [3.05, 3.63) is 0 Å². The number of amides is 1. The van der Waals surface area contributed by atoms with Gasteiger partial charge in [-0.05, 0) is 19.0 Å². The summed E-state index contributed by atoms with van der Waals surface area (Å²) < 4.78 is 0. The molecule has 0 rings (SSSR count). The molecule has 0 aromatic carbocycles. The van der Waals surface area contributed by atoms with Crippen LogP contribution in [-0.2, 0) is 4.79 Å². The van der Waals surface area contributed by atoms with Gasteiger partial charge in [-0.25, -0.2) is 0 Å². The lowest BCUT2D eigenvalue weighted by Gasteiger charge is -2.25. The van der Waals surface area contributed by atoms with Crippen molar-refractivity contribution < 1.29 is 4.79 Å². The van der Waals surface area contributed by atoms with Crippen molar-refractivity contribution in [1.82, 2.24) is 4.90 Å². The Morgan fingerprint density at radius 2 is 1.93 bits per heavy atom. The summed E-state index contributed by atoms with van der Waals surface area (Å²) in [4.78, 5) is 13.1. The van der Waals surface area contributed by atoms with Crippen LogP contribution in [0.1, 0.15) is 20.8 Å². The Labute approximate surface area is 86.6 Å². The van der Waals surface area contributed by atoms with Crippen molar-refractivity contribution in [3.8, 4) is 0 Å². The van der Waals surface area contributed by atoms with Crippen LogP contribution in [0.25, 0.3) is 0 Å². The monoisotopic (exact) mass is 201 g/mol. The van der Waals surface area contributed by atoms with Gasteiger partial charge in [0.25, 0.3) is 0 Å². The molecule has 0 bridgehead atoms. The molecule has 0 aliphatic rings. The second-order valence-corrected chi connectivity index (χ2v) is 4.00. The van der Waals surface area contributed by atoms with Crippen molar-refractivity contribution in [2.75, 3.05) is 26.2 Å². The van der Waals surface area contributed by atoms with Crippen LogP contribution in [0.15, 0.2) is 0 Å². The Bertz CT molecular complexity index is 173. The summed E-state index contributed by atoms with van der Waals surface area (Å²) in [5.41, 5.74) is 10.8. The third-order valence-corrected chi connectivity index (χ3v) is 2.44. The molecular weight excluding hydrogens is 178 g/mol. The van der Waals surface area contributed by atoms with Gasteiger partial charge in [0.1, 0.15) is 0 Å². The number of nitrogens with two attached hydrogens (primary N) is 2. The normalized spacial score (nSPS) is 15.5. The van der Waals surface area contributed by atoms with Crippen molar-refractivity contribution in [1.29, 1.82) is 0 Å². The zero-order valence-electron chi connectivity index (χ0n) is 9.49. The van der Waals surface area contributed by atoms with Gasteiger partial charge in [0.05, 0.1) is 0 Å². The molecule has 0 saturated carbocycles. The van der Waals surface area contributed by atoms with Gasteiger partial charge in [-0.2, -0.15) is 0 Å². The SMILES string of the molecule is CCN(CC(C)CN)CC(C)C(N)=O. The summed E-state index contributed by atoms with van der Waals surface area (Å²) in [5, 5.41) is 0. The van der Waals surface area contributed by atoms with E-state index in [1.165, 1.54) is 0 Å². The van der Waals surface area contributed by atoms with Gasteiger partial charge >= 0.3 is 0 Å². The summed E-state index contributed by atoms with van der Waals surface area (Å²) in [5.74, 6) is 0.152. The zero-order valence-corrected chi connectivity index (χ0v) is 9.49. The number of carbonyl (C=O) groups excluding carboxylic acids is 1. The first-order valence-electron chi connectivity index (χ1n) is 5.22. The molecule has 0 aliphatic heterocycles. The standard InChI is InChI=1S/C10H23N3O/c1-4-13(6-8(2)5-11)7-9(3)10(12)14/h8-9H,4-7,11H2,1-3H3,(H2,12,14). The molecule has 0 aliphatic carbocycles. The highest BCUT2D eigenvalue weighted by atomic mass is 16.1. The Hall–Kier alpha value is -0.610. The van der Waals surface area contributed by atoms with E-state index in [1.807, 2.05) is 6.92 Å². The van der Waals surface area contributed by atoms with Crippen LogP contribution < -0.4 is 11.5 Å². The van der Waals surface area contributed by atoms with Gasteiger partial charge in [-0.15, -0.1) is 0 Å². The second-order valence-electron chi connectivity index (χ2n) is 4.00. The molecule has 0 fully saturated rings. The van der Waals surface area contributed by atoms with Gasteiger partial charge in [-0.3, -0.25) is 4.79 Å². The summed E-state index contributed by atoms with van der Waals surface area (Å²) in [6.07, 6.45) is 0. The van der Waals surface area contributed by atoms with Crippen LogP contribution in [-0.4, -0.2) is 37.0 Å². The topological polar surface area (TPSA) is 72.3 Å². The van der Waals surface area contributed by atoms with Gasteiger partial charge in [0, 0.05) is 19.0 Å². The van der Waals surface area contributed by atoms with Gasteiger partial charge in [-0.1, -0.05) is 20.8 Å². The Morgan fingerprint density at radius 1 is 1.36 bits per heavy atom. The molecule has 84 valence electrons. The third kappa shape index (κ3) is 5.19. The highest BCUT2D eigenvalue weighted by Crippen LogP contribution is 2.03. The molecule has 0 aromatic rings. The van der Waals surface area contributed by atoms with E-state index in [1.54, 1.807) is 0 Å². The van der Waals surface area contributed by atoms with E-state index in [0.29, 0.717) is 12.5 Å². The predicted octanol–water partition coefficient (Wildman–Crippen LogP) is 0.0245. The molecular formula is C10H23N3O. The van der Waals surface area contributed by atoms with Crippen LogP contribution in [0.5, 0.6) is 0 Å². The highest BCUT2D eigenvalue weighted by Gasteiger charge is 2.14. The molecule has 0 aromatic heterocycles. The van der Waals surface area contributed by atoms with Gasteiger partial charge < -0.3 is 16.4 Å². The van der Waals surface area contributed by atoms with Crippen LogP contribution in [0.4, 0.5) is 0 Å². The maximum Gasteiger partial charge on any atom is 0.221 e. The smallest absolute Gasteiger partial charge is 0.221 e. The number of hydrogen-bond donors (Lipinski definition) is 2. The first-order chi connectivity index (χ1) is 6.51. The molecule has 0 saturated heterocycles. The fraction of sp³-hybridized carbons (Fsp3) is 0.900. The minimum Gasteiger partial charge on any atom is -0.369 e. The zero-order chi connectivity index (χ0) is 11.1. The molecule has 2 atom stereocenters. The lowest BCUT2D eigenvalue weighted by molar-refractivity contribution is -0.121. The van der Waals surface area contributed by atoms with Crippen molar-refractivity contribution in [2.24, 2.45) is 23.3 Å². The largest absolute Gasteiger partial charge is 0.369 e. The first-order valence-corrected chi connectivity index (χ1v) is 5.22. The van der Waals surface area contributed by atoms with E-state index < -0.39 is 0 Å². The van der Waals surface area contributed by atoms with Crippen molar-refractivity contribution >= 4 is 5.91 Å². The second kappa shape index (κ2) is 6.79. The third-order valence-electron chi connectivity index (χ3n) is 2.44. The summed E-state index contributed by atoms with van der Waals surface area (Å²) in [6, 6.07) is 0. The van der Waals surface area contributed by atoms with E-state index in [4.69, 9.17) is 11.5 Å². The molecule has 0 radical (unpaired) electrons. The summed E-state index contributed by atoms with van der Waals surface area (Å²) >= 11 is 0. The van der Waals surface area contributed by atoms with Crippen molar-refractivity contribution in [3.63, 3.8) is 0 Å². The number of nitrogens with zero attached hydrogens (tertiary/aromatic N) is 1. The van der Waals surface area contributed by atoms with E-state index >= 15 is 0 Å². The summed E-state index contributed by atoms with van der Waals surface area (Å²) in [7, 11) is 0. The molecule has 4 nitrogen and oxygen atoms in total. The van der Waals surface area contributed by atoms with E-state index in [2.05, 4.69) is 18.7 Å². The quantitative estimate of drug-likeness (QED) is 0.610. The Kier molecular flexibility index (Phi) is 6.49. The maximum atomic E-state index is 10.9. The highest BCUT2D eigenvalue weighted by molar-refractivity contribution is 5.76. The van der Waals surface area contributed by atoms with Crippen molar-refractivity contribution in [2.45, 2.75) is 20.8 Å². The maximum absolute atomic E-state index is 10.9. The van der Waals surface area contributed by atoms with Gasteiger partial charge in [0.15, 0.2) is 0 Å².